The molecule has 0 saturated heterocycles. The van der Waals surface area contributed by atoms with Gasteiger partial charge in [-0.1, -0.05) is 68.2 Å². The van der Waals surface area contributed by atoms with Crippen LogP contribution in [-0.4, -0.2) is 12.1 Å². The highest BCUT2D eigenvalue weighted by atomic mass is 14.9. The fourth-order valence-corrected chi connectivity index (χ4v) is 3.35. The smallest absolute Gasteiger partial charge is 0.0343 e. The van der Waals surface area contributed by atoms with Gasteiger partial charge in [0.2, 0.25) is 0 Å². The molecule has 1 aromatic carbocycles. The van der Waals surface area contributed by atoms with E-state index in [-0.39, 0.29) is 0 Å². The molecule has 2 N–H and O–H groups in total. The zero-order chi connectivity index (χ0) is 19.8. The molecule has 0 amide bonds. The van der Waals surface area contributed by atoms with Gasteiger partial charge in [0.1, 0.15) is 0 Å². The first-order valence-corrected chi connectivity index (χ1v) is 10.8. The number of hydrogen-bond donors (Lipinski definition) is 2. The Hall–Kier alpha value is -1.18. The summed E-state index contributed by atoms with van der Waals surface area (Å²) >= 11 is 0. The molecule has 1 rings (SSSR count). The van der Waals surface area contributed by atoms with Crippen molar-refractivity contribution in [2.24, 2.45) is 10.8 Å². The molecule has 0 radical (unpaired) electrons. The van der Waals surface area contributed by atoms with Gasteiger partial charge in [-0.15, -0.1) is 0 Å². The molecule has 1 aromatic rings. The first-order chi connectivity index (χ1) is 12.1. The zero-order valence-corrected chi connectivity index (χ0v) is 18.7. The molecule has 150 valence electrons. The maximum Gasteiger partial charge on any atom is 0.0343 e. The van der Waals surface area contributed by atoms with E-state index in [1.54, 1.807) is 0 Å². The maximum atomic E-state index is 3.73. The summed E-state index contributed by atoms with van der Waals surface area (Å²) in [4.78, 5) is 0. The van der Waals surface area contributed by atoms with Gasteiger partial charge in [0.05, 0.1) is 0 Å². The average molecular weight is 361 g/mol. The molecule has 2 heteroatoms. The minimum atomic E-state index is 0.398. The topological polar surface area (TPSA) is 24.1 Å². The van der Waals surface area contributed by atoms with E-state index in [4.69, 9.17) is 0 Å². The van der Waals surface area contributed by atoms with Gasteiger partial charge in [0.25, 0.3) is 0 Å². The van der Waals surface area contributed by atoms with Crippen LogP contribution in [0.3, 0.4) is 0 Å². The fraction of sp³-hybridized carbons (Fsp3) is 0.750. The molecular weight excluding hydrogens is 316 g/mol. The van der Waals surface area contributed by atoms with Gasteiger partial charge in [-0.05, 0) is 60.8 Å². The Morgan fingerprint density at radius 1 is 0.654 bits per heavy atom. The molecule has 0 aliphatic heterocycles. The van der Waals surface area contributed by atoms with E-state index in [1.165, 1.54) is 37.1 Å². The predicted octanol–water partition coefficient (Wildman–Crippen LogP) is 7.72. The summed E-state index contributed by atoms with van der Waals surface area (Å²) in [5.74, 6) is 0. The Labute approximate surface area is 163 Å². The van der Waals surface area contributed by atoms with Crippen LogP contribution in [-0.2, 0) is 0 Å². The first kappa shape index (κ1) is 22.9. The molecule has 0 heterocycles. The summed E-state index contributed by atoms with van der Waals surface area (Å²) in [6.45, 7) is 18.6. The van der Waals surface area contributed by atoms with Crippen LogP contribution in [0.15, 0.2) is 24.3 Å². The monoisotopic (exact) mass is 360 g/mol. The van der Waals surface area contributed by atoms with Crippen LogP contribution in [0.5, 0.6) is 0 Å². The van der Waals surface area contributed by atoms with Crippen LogP contribution in [0.1, 0.15) is 93.9 Å². The SMILES string of the molecule is CCC(CC(C)(C)CC)Nc1ccc(NC(CC)CC(C)(C)CC)cc1. The molecule has 0 aliphatic carbocycles. The summed E-state index contributed by atoms with van der Waals surface area (Å²) in [5, 5.41) is 7.47. The van der Waals surface area contributed by atoms with Crippen molar-refractivity contribution in [3.8, 4) is 0 Å². The lowest BCUT2D eigenvalue weighted by Crippen LogP contribution is -2.27. The molecule has 0 saturated carbocycles. The molecule has 0 aliphatic rings. The van der Waals surface area contributed by atoms with Gasteiger partial charge in [0, 0.05) is 23.5 Å². The number of nitrogens with one attached hydrogen (secondary N) is 2. The highest BCUT2D eigenvalue weighted by Crippen LogP contribution is 2.30. The molecule has 0 spiro atoms. The van der Waals surface area contributed by atoms with E-state index in [0.717, 1.165) is 12.8 Å². The molecule has 0 fully saturated rings. The Balaban J connectivity index is 2.67. The Kier molecular flexibility index (Phi) is 9.00. The summed E-state index contributed by atoms with van der Waals surface area (Å²) in [7, 11) is 0. The van der Waals surface area contributed by atoms with Crippen LogP contribution in [0.2, 0.25) is 0 Å². The third-order valence-corrected chi connectivity index (χ3v) is 6.12. The van der Waals surface area contributed by atoms with Crippen molar-refractivity contribution < 1.29 is 0 Å². The first-order valence-electron chi connectivity index (χ1n) is 10.8. The van der Waals surface area contributed by atoms with Crippen molar-refractivity contribution in [3.63, 3.8) is 0 Å². The van der Waals surface area contributed by atoms with E-state index in [2.05, 4.69) is 90.3 Å². The predicted molar refractivity (Wildman–Crippen MR) is 119 cm³/mol. The Morgan fingerprint density at radius 2 is 0.962 bits per heavy atom. The van der Waals surface area contributed by atoms with E-state index < -0.39 is 0 Å². The lowest BCUT2D eigenvalue weighted by atomic mass is 9.82. The second-order valence-electron chi connectivity index (χ2n) is 9.52. The Morgan fingerprint density at radius 3 is 1.19 bits per heavy atom. The minimum Gasteiger partial charge on any atom is -0.382 e. The van der Waals surface area contributed by atoms with Crippen LogP contribution in [0.25, 0.3) is 0 Å². The van der Waals surface area contributed by atoms with Crippen LogP contribution in [0.4, 0.5) is 11.4 Å². The van der Waals surface area contributed by atoms with Gasteiger partial charge in [0.15, 0.2) is 0 Å². The number of anilines is 2. The summed E-state index contributed by atoms with van der Waals surface area (Å²) in [6.07, 6.45) is 7.19. The highest BCUT2D eigenvalue weighted by molar-refractivity contribution is 5.54. The standard InChI is InChI=1S/C24H44N2/c1-9-19(17-23(5,6)11-3)25-21-13-15-22(16-14-21)26-20(10-2)18-24(7,8)12-4/h13-16,19-20,25-26H,9-12,17-18H2,1-8H3. The van der Waals surface area contributed by atoms with Crippen LogP contribution < -0.4 is 10.6 Å². The van der Waals surface area contributed by atoms with Crippen molar-refractivity contribution >= 4 is 11.4 Å². The van der Waals surface area contributed by atoms with E-state index in [0.29, 0.717) is 22.9 Å². The zero-order valence-electron chi connectivity index (χ0n) is 18.7. The van der Waals surface area contributed by atoms with Gasteiger partial charge in [-0.25, -0.2) is 0 Å². The molecule has 2 atom stereocenters. The lowest BCUT2D eigenvalue weighted by Gasteiger charge is -2.30. The molecular formula is C24H44N2. The maximum absolute atomic E-state index is 3.73. The van der Waals surface area contributed by atoms with Crippen LogP contribution >= 0.6 is 0 Å². The summed E-state index contributed by atoms with van der Waals surface area (Å²) in [5.41, 5.74) is 3.26. The fourth-order valence-electron chi connectivity index (χ4n) is 3.35. The van der Waals surface area contributed by atoms with E-state index in [1.807, 2.05) is 0 Å². The van der Waals surface area contributed by atoms with Crippen molar-refractivity contribution in [1.82, 2.24) is 0 Å². The van der Waals surface area contributed by atoms with Crippen molar-refractivity contribution in [1.29, 1.82) is 0 Å². The quantitative estimate of drug-likeness (QED) is 0.398. The van der Waals surface area contributed by atoms with Gasteiger partial charge < -0.3 is 10.6 Å². The normalized spacial score (nSPS) is 14.8. The second-order valence-corrected chi connectivity index (χ2v) is 9.52. The van der Waals surface area contributed by atoms with Gasteiger partial charge >= 0.3 is 0 Å². The number of benzene rings is 1. The van der Waals surface area contributed by atoms with Crippen LogP contribution in [0, 0.1) is 10.8 Å². The van der Waals surface area contributed by atoms with Crippen molar-refractivity contribution in [3.05, 3.63) is 24.3 Å². The minimum absolute atomic E-state index is 0.398. The number of rotatable bonds is 12. The molecule has 0 bridgehead atoms. The number of hydrogen-bond acceptors (Lipinski definition) is 2. The van der Waals surface area contributed by atoms with E-state index >= 15 is 0 Å². The largest absolute Gasteiger partial charge is 0.382 e. The Bertz CT molecular complexity index is 454. The molecule has 0 aromatic heterocycles. The van der Waals surface area contributed by atoms with Gasteiger partial charge in [-0.2, -0.15) is 0 Å². The lowest BCUT2D eigenvalue weighted by molar-refractivity contribution is 0.298. The van der Waals surface area contributed by atoms with Crippen molar-refractivity contribution in [2.45, 2.75) is 106 Å². The molecule has 2 unspecified atom stereocenters. The average Bonchev–Trinajstić information content (AvgIpc) is 2.61. The molecule has 26 heavy (non-hydrogen) atoms. The second kappa shape index (κ2) is 10.2. The highest BCUT2D eigenvalue weighted by Gasteiger charge is 2.21. The summed E-state index contributed by atoms with van der Waals surface area (Å²) < 4.78 is 0. The third kappa shape index (κ3) is 8.01. The van der Waals surface area contributed by atoms with Gasteiger partial charge in [-0.3, -0.25) is 0 Å². The van der Waals surface area contributed by atoms with Crippen molar-refractivity contribution in [2.75, 3.05) is 10.6 Å². The molecule has 2 nitrogen and oxygen atoms in total. The summed E-state index contributed by atoms with van der Waals surface area (Å²) in [6, 6.07) is 9.97. The third-order valence-electron chi connectivity index (χ3n) is 6.12. The van der Waals surface area contributed by atoms with E-state index in [9.17, 15) is 0 Å².